The van der Waals surface area contributed by atoms with E-state index in [0.717, 1.165) is 63.1 Å². The fraction of sp³-hybridized carbons (Fsp3) is 0. The molecule has 10 rings (SSSR count). The topological polar surface area (TPSA) is 77.8 Å². The Morgan fingerprint density at radius 2 is 0.891 bits per heavy atom. The molecule has 8 heteroatoms. The van der Waals surface area contributed by atoms with Gasteiger partial charge in [-0.05, 0) is 80.8 Å². The number of rotatable bonds is 4. The molecule has 0 saturated heterocycles. The van der Waals surface area contributed by atoms with E-state index in [-0.39, 0.29) is 0 Å². The molecule has 0 spiro atoms. The number of oxazole rings is 2. The fourth-order valence-electron chi connectivity index (χ4n) is 5.96. The first-order valence-electron chi connectivity index (χ1n) is 14.8. The van der Waals surface area contributed by atoms with Crippen LogP contribution in [0.3, 0.4) is 0 Å². The third kappa shape index (κ3) is 4.23. The van der Waals surface area contributed by atoms with Crippen LogP contribution in [0, 0.1) is 0 Å². The van der Waals surface area contributed by atoms with Crippen LogP contribution in [0.15, 0.2) is 130 Å². The summed E-state index contributed by atoms with van der Waals surface area (Å²) in [4.78, 5) is 19.0. The van der Waals surface area contributed by atoms with Crippen molar-refractivity contribution in [2.24, 2.45) is 0 Å². The highest BCUT2D eigenvalue weighted by atomic mass is 32.1. The molecule has 0 bridgehead atoms. The van der Waals surface area contributed by atoms with Gasteiger partial charge in [-0.3, -0.25) is 0 Å². The molecule has 0 radical (unpaired) electrons. The number of hydrogen-bond donors (Lipinski definition) is 0. The first kappa shape index (κ1) is 25.6. The molecule has 0 saturated carbocycles. The maximum atomic E-state index is 6.20. The van der Waals surface area contributed by atoms with E-state index in [9.17, 15) is 0 Å². The van der Waals surface area contributed by atoms with E-state index in [4.69, 9.17) is 18.8 Å². The van der Waals surface area contributed by atoms with Crippen molar-refractivity contribution in [2.45, 2.75) is 0 Å². The van der Waals surface area contributed by atoms with Crippen molar-refractivity contribution in [1.82, 2.24) is 19.9 Å². The highest BCUT2D eigenvalue weighted by Crippen LogP contribution is 2.38. The van der Waals surface area contributed by atoms with E-state index in [2.05, 4.69) is 82.8 Å². The number of nitrogens with zero attached hydrogens (tertiary/aromatic N) is 4. The van der Waals surface area contributed by atoms with Crippen LogP contribution in [0.5, 0.6) is 0 Å². The summed E-state index contributed by atoms with van der Waals surface area (Å²) in [6, 6.07) is 37.7. The van der Waals surface area contributed by atoms with Crippen LogP contribution in [-0.2, 0) is 0 Å². The van der Waals surface area contributed by atoms with E-state index in [0.29, 0.717) is 23.3 Å². The van der Waals surface area contributed by atoms with Crippen LogP contribution in [0.4, 0.5) is 0 Å². The summed E-state index contributed by atoms with van der Waals surface area (Å²) in [5, 5.41) is 8.50. The molecule has 216 valence electrons. The Bertz CT molecular complexity index is 2530. The average molecular weight is 629 g/mol. The van der Waals surface area contributed by atoms with Gasteiger partial charge in [-0.15, -0.1) is 22.7 Å². The summed E-state index contributed by atoms with van der Waals surface area (Å²) < 4.78 is 14.6. The number of benzene rings is 6. The van der Waals surface area contributed by atoms with Crippen LogP contribution in [0.25, 0.3) is 97.2 Å². The lowest BCUT2D eigenvalue weighted by atomic mass is 10.1. The number of thiazole rings is 2. The van der Waals surface area contributed by atoms with Gasteiger partial charge in [0.1, 0.15) is 0 Å². The Labute approximate surface area is 269 Å². The predicted octanol–water partition coefficient (Wildman–Crippen LogP) is 11.0. The molecule has 6 nitrogen and oxygen atoms in total. The van der Waals surface area contributed by atoms with Crippen LogP contribution >= 0.6 is 22.7 Å². The SMILES string of the molecule is c1ccc2cc(-c3ncc(-c4nc5cc6cc7sc(-c8cnc(-c9ccc%10ccccc%10c9)o8)nc7cc6cc5s4)o3)ccc2c1. The largest absolute Gasteiger partial charge is 0.434 e. The Balaban J connectivity index is 0.968. The maximum absolute atomic E-state index is 6.20. The van der Waals surface area contributed by atoms with E-state index in [1.807, 2.05) is 36.4 Å². The second kappa shape index (κ2) is 9.90. The Kier molecular flexibility index (Phi) is 5.51. The molecule has 0 fully saturated rings. The summed E-state index contributed by atoms with van der Waals surface area (Å²) in [5.41, 5.74) is 3.74. The minimum Gasteiger partial charge on any atom is -0.434 e. The molecule has 0 unspecified atom stereocenters. The first-order valence-corrected chi connectivity index (χ1v) is 16.4. The van der Waals surface area contributed by atoms with E-state index >= 15 is 0 Å². The van der Waals surface area contributed by atoms with Crippen LogP contribution in [0.2, 0.25) is 0 Å². The third-order valence-electron chi connectivity index (χ3n) is 8.28. The van der Waals surface area contributed by atoms with Crippen molar-refractivity contribution in [3.05, 3.63) is 122 Å². The summed E-state index contributed by atoms with van der Waals surface area (Å²) in [6.45, 7) is 0. The van der Waals surface area contributed by atoms with Crippen molar-refractivity contribution in [3.8, 4) is 44.4 Å². The van der Waals surface area contributed by atoms with Gasteiger partial charge in [0.05, 0.1) is 32.8 Å². The highest BCUT2D eigenvalue weighted by Gasteiger charge is 2.17. The molecular weight excluding hydrogens is 609 g/mol. The highest BCUT2D eigenvalue weighted by molar-refractivity contribution is 7.22. The van der Waals surface area contributed by atoms with Crippen LogP contribution in [-0.4, -0.2) is 19.9 Å². The molecule has 0 aliphatic rings. The fourth-order valence-corrected chi connectivity index (χ4v) is 7.85. The molecule has 4 heterocycles. The van der Waals surface area contributed by atoms with Crippen LogP contribution < -0.4 is 0 Å². The minimum atomic E-state index is 0.587. The molecule has 0 aliphatic carbocycles. The zero-order valence-corrected chi connectivity index (χ0v) is 25.6. The average Bonchev–Trinajstić information content (AvgIpc) is 3.91. The van der Waals surface area contributed by atoms with E-state index in [1.165, 1.54) is 10.8 Å². The van der Waals surface area contributed by atoms with Gasteiger partial charge in [0.25, 0.3) is 0 Å². The second-order valence-electron chi connectivity index (χ2n) is 11.2. The van der Waals surface area contributed by atoms with Crippen LogP contribution in [0.1, 0.15) is 0 Å². The molecule has 0 amide bonds. The lowest BCUT2D eigenvalue weighted by Gasteiger charge is -1.99. The molecule has 6 aromatic carbocycles. The summed E-state index contributed by atoms with van der Waals surface area (Å²) >= 11 is 3.20. The van der Waals surface area contributed by atoms with Gasteiger partial charge in [0, 0.05) is 11.1 Å². The van der Waals surface area contributed by atoms with E-state index < -0.39 is 0 Å². The Morgan fingerprint density at radius 3 is 1.37 bits per heavy atom. The smallest absolute Gasteiger partial charge is 0.226 e. The minimum absolute atomic E-state index is 0.587. The standard InChI is InChI=1S/C38H20N4O2S2/c1-3-7-23-13-25(11-9-21(23)5-1)35-39-19-31(43-35)37-41-29-15-27-18-34-30(16-28(27)17-33(29)45-37)42-38(46-34)32-20-40-36(44-32)26-12-10-22-6-2-4-8-24(22)14-26/h1-20H. The maximum Gasteiger partial charge on any atom is 0.226 e. The number of aromatic nitrogens is 4. The van der Waals surface area contributed by atoms with Gasteiger partial charge >= 0.3 is 0 Å². The molecule has 46 heavy (non-hydrogen) atoms. The number of hydrogen-bond acceptors (Lipinski definition) is 8. The van der Waals surface area contributed by atoms with Crippen molar-refractivity contribution < 1.29 is 8.83 Å². The normalized spacial score (nSPS) is 11.9. The second-order valence-corrected chi connectivity index (χ2v) is 13.3. The van der Waals surface area contributed by atoms with Gasteiger partial charge in [0.2, 0.25) is 11.8 Å². The first-order chi connectivity index (χ1) is 22.7. The summed E-state index contributed by atoms with van der Waals surface area (Å²) in [6.07, 6.45) is 3.52. The van der Waals surface area contributed by atoms with Crippen molar-refractivity contribution in [3.63, 3.8) is 0 Å². The summed E-state index contributed by atoms with van der Waals surface area (Å²) in [7, 11) is 0. The quantitative estimate of drug-likeness (QED) is 0.193. The van der Waals surface area contributed by atoms with Crippen molar-refractivity contribution >= 4 is 75.4 Å². The number of fused-ring (bicyclic) bond motifs is 5. The Morgan fingerprint density at radius 1 is 0.435 bits per heavy atom. The molecule has 4 aromatic heterocycles. The third-order valence-corrected chi connectivity index (χ3v) is 10.3. The predicted molar refractivity (Wildman–Crippen MR) is 187 cm³/mol. The molecule has 0 atom stereocenters. The molecule has 0 N–H and O–H groups in total. The molecular formula is C38H20N4O2S2. The van der Waals surface area contributed by atoms with Gasteiger partial charge < -0.3 is 8.83 Å². The molecule has 10 aromatic rings. The Hall–Kier alpha value is -5.70. The van der Waals surface area contributed by atoms with Crippen molar-refractivity contribution in [1.29, 1.82) is 0 Å². The van der Waals surface area contributed by atoms with Gasteiger partial charge in [-0.25, -0.2) is 19.9 Å². The zero-order chi connectivity index (χ0) is 30.2. The van der Waals surface area contributed by atoms with Gasteiger partial charge in [-0.2, -0.15) is 0 Å². The monoisotopic (exact) mass is 628 g/mol. The zero-order valence-electron chi connectivity index (χ0n) is 24.0. The summed E-state index contributed by atoms with van der Waals surface area (Å²) in [5.74, 6) is 2.50. The lowest BCUT2D eigenvalue weighted by Crippen LogP contribution is -1.78. The molecule has 0 aliphatic heterocycles. The van der Waals surface area contributed by atoms with Gasteiger partial charge in [-0.1, -0.05) is 60.7 Å². The van der Waals surface area contributed by atoms with Gasteiger partial charge in [0.15, 0.2) is 21.5 Å². The van der Waals surface area contributed by atoms with Crippen molar-refractivity contribution in [2.75, 3.05) is 0 Å². The lowest BCUT2D eigenvalue weighted by molar-refractivity contribution is 0.588. The van der Waals surface area contributed by atoms with E-state index in [1.54, 1.807) is 35.1 Å².